The summed E-state index contributed by atoms with van der Waals surface area (Å²) in [6.45, 7) is 3.85. The van der Waals surface area contributed by atoms with Crippen molar-refractivity contribution in [2.24, 2.45) is 5.73 Å². The molecule has 2 aliphatic rings. The second-order valence-electron chi connectivity index (χ2n) is 5.40. The maximum atomic E-state index is 6.12. The lowest BCUT2D eigenvalue weighted by molar-refractivity contribution is 0.310. The molecule has 0 saturated heterocycles. The van der Waals surface area contributed by atoms with Crippen LogP contribution in [0, 0.1) is 0 Å². The molecule has 0 aromatic heterocycles. The van der Waals surface area contributed by atoms with Gasteiger partial charge < -0.3 is 15.4 Å². The summed E-state index contributed by atoms with van der Waals surface area (Å²) in [6, 6.07) is 6.82. The van der Waals surface area contributed by atoms with Crippen LogP contribution in [0.4, 0.5) is 5.69 Å². The minimum absolute atomic E-state index is 0.217. The molecule has 3 rings (SSSR count). The average Bonchev–Trinajstić information content (AvgIpc) is 3.10. The minimum atomic E-state index is 0.217. The number of benzene rings is 1. The Bertz CT molecular complexity index is 438. The zero-order chi connectivity index (χ0) is 12.0. The summed E-state index contributed by atoms with van der Waals surface area (Å²) in [5, 5.41) is 0. The lowest BCUT2D eigenvalue weighted by atomic mass is 9.89. The molecule has 3 nitrogen and oxygen atoms in total. The van der Waals surface area contributed by atoms with Crippen molar-refractivity contribution in [1.29, 1.82) is 0 Å². The number of fused-ring (bicyclic) bond motifs is 1. The van der Waals surface area contributed by atoms with Crippen LogP contribution in [0.25, 0.3) is 0 Å². The first kappa shape index (κ1) is 10.9. The van der Waals surface area contributed by atoms with E-state index >= 15 is 0 Å². The SMILES string of the molecule is CC(N)C1(c2ccc3c(c2)OCCN3C)CC1. The van der Waals surface area contributed by atoms with Crippen LogP contribution in [0.2, 0.25) is 0 Å². The van der Waals surface area contributed by atoms with Gasteiger partial charge in [0.15, 0.2) is 0 Å². The van der Waals surface area contributed by atoms with E-state index in [1.165, 1.54) is 24.1 Å². The van der Waals surface area contributed by atoms with E-state index < -0.39 is 0 Å². The molecule has 1 aromatic carbocycles. The number of nitrogens with zero attached hydrogens (tertiary/aromatic N) is 1. The van der Waals surface area contributed by atoms with Gasteiger partial charge in [-0.15, -0.1) is 0 Å². The van der Waals surface area contributed by atoms with Crippen molar-refractivity contribution < 1.29 is 4.74 Å². The molecule has 0 amide bonds. The topological polar surface area (TPSA) is 38.5 Å². The van der Waals surface area contributed by atoms with Crippen molar-refractivity contribution in [2.75, 3.05) is 25.1 Å². The van der Waals surface area contributed by atoms with Gasteiger partial charge in [0, 0.05) is 18.5 Å². The Morgan fingerprint density at radius 1 is 1.41 bits per heavy atom. The molecule has 1 fully saturated rings. The Balaban J connectivity index is 1.99. The molecular weight excluding hydrogens is 212 g/mol. The molecule has 1 saturated carbocycles. The van der Waals surface area contributed by atoms with Crippen molar-refractivity contribution in [3.8, 4) is 5.75 Å². The van der Waals surface area contributed by atoms with Crippen molar-refractivity contribution in [3.05, 3.63) is 23.8 Å². The molecule has 2 N–H and O–H groups in total. The summed E-state index contributed by atoms with van der Waals surface area (Å²) in [6.07, 6.45) is 2.42. The zero-order valence-electron chi connectivity index (χ0n) is 10.6. The predicted octanol–water partition coefficient (Wildman–Crippen LogP) is 1.89. The monoisotopic (exact) mass is 232 g/mol. The third-order valence-corrected chi connectivity index (χ3v) is 4.29. The van der Waals surface area contributed by atoms with Crippen molar-refractivity contribution in [3.63, 3.8) is 0 Å². The van der Waals surface area contributed by atoms with E-state index in [1.807, 2.05) is 0 Å². The van der Waals surface area contributed by atoms with Crippen LogP contribution in [0.3, 0.4) is 0 Å². The molecule has 1 unspecified atom stereocenters. The number of hydrogen-bond donors (Lipinski definition) is 1. The molecule has 3 heteroatoms. The molecule has 1 aromatic rings. The first-order valence-corrected chi connectivity index (χ1v) is 6.37. The fourth-order valence-corrected chi connectivity index (χ4v) is 2.81. The number of rotatable bonds is 2. The number of anilines is 1. The smallest absolute Gasteiger partial charge is 0.142 e. The Labute approximate surface area is 103 Å². The molecule has 0 bridgehead atoms. The lowest BCUT2D eigenvalue weighted by Gasteiger charge is -2.29. The summed E-state index contributed by atoms with van der Waals surface area (Å²) in [5.74, 6) is 1.02. The maximum absolute atomic E-state index is 6.12. The van der Waals surface area contributed by atoms with Gasteiger partial charge in [0.2, 0.25) is 0 Å². The Kier molecular flexibility index (Phi) is 2.33. The third-order valence-electron chi connectivity index (χ3n) is 4.29. The quantitative estimate of drug-likeness (QED) is 0.846. The van der Waals surface area contributed by atoms with Gasteiger partial charge in [-0.25, -0.2) is 0 Å². The van der Waals surface area contributed by atoms with Crippen LogP contribution >= 0.6 is 0 Å². The summed E-state index contributed by atoms with van der Waals surface area (Å²) < 4.78 is 5.75. The van der Waals surface area contributed by atoms with E-state index in [-0.39, 0.29) is 11.5 Å². The molecule has 1 atom stereocenters. The summed E-state index contributed by atoms with van der Waals surface area (Å²) in [4.78, 5) is 2.24. The standard InChI is InChI=1S/C14H20N2O/c1-10(15)14(5-6-14)11-3-4-12-13(9-11)17-8-7-16(12)2/h3-4,9-10H,5-8,15H2,1-2H3. The van der Waals surface area contributed by atoms with Gasteiger partial charge in [-0.3, -0.25) is 0 Å². The average molecular weight is 232 g/mol. The highest BCUT2D eigenvalue weighted by atomic mass is 16.5. The Morgan fingerprint density at radius 2 is 2.18 bits per heavy atom. The summed E-state index contributed by atoms with van der Waals surface area (Å²) >= 11 is 0. The van der Waals surface area contributed by atoms with Crippen LogP contribution in [0.15, 0.2) is 18.2 Å². The highest BCUT2D eigenvalue weighted by Gasteiger charge is 2.47. The van der Waals surface area contributed by atoms with Gasteiger partial charge in [0.25, 0.3) is 0 Å². The van der Waals surface area contributed by atoms with Crippen molar-refractivity contribution in [1.82, 2.24) is 0 Å². The second kappa shape index (κ2) is 3.64. The highest BCUT2D eigenvalue weighted by molar-refractivity contribution is 5.62. The van der Waals surface area contributed by atoms with Gasteiger partial charge in [-0.05, 0) is 37.5 Å². The van der Waals surface area contributed by atoms with E-state index in [0.717, 1.165) is 18.9 Å². The van der Waals surface area contributed by atoms with Gasteiger partial charge in [0.05, 0.1) is 12.2 Å². The number of ether oxygens (including phenoxy) is 1. The summed E-state index contributed by atoms with van der Waals surface area (Å²) in [5.41, 5.74) is 8.88. The largest absolute Gasteiger partial charge is 0.490 e. The minimum Gasteiger partial charge on any atom is -0.490 e. The number of hydrogen-bond acceptors (Lipinski definition) is 3. The van der Waals surface area contributed by atoms with Crippen LogP contribution < -0.4 is 15.4 Å². The van der Waals surface area contributed by atoms with Crippen molar-refractivity contribution >= 4 is 5.69 Å². The molecule has 1 aliphatic carbocycles. The van der Waals surface area contributed by atoms with E-state index in [4.69, 9.17) is 10.5 Å². The third kappa shape index (κ3) is 1.61. The molecule has 0 radical (unpaired) electrons. The molecular formula is C14H20N2O. The highest BCUT2D eigenvalue weighted by Crippen LogP contribution is 2.51. The fourth-order valence-electron chi connectivity index (χ4n) is 2.81. The van der Waals surface area contributed by atoms with Crippen LogP contribution in [-0.2, 0) is 5.41 Å². The first-order chi connectivity index (χ1) is 8.13. The van der Waals surface area contributed by atoms with Crippen LogP contribution in [0.1, 0.15) is 25.3 Å². The van der Waals surface area contributed by atoms with E-state index in [1.54, 1.807) is 0 Å². The number of nitrogens with two attached hydrogens (primary N) is 1. The number of likely N-dealkylation sites (N-methyl/N-ethyl adjacent to an activating group) is 1. The van der Waals surface area contributed by atoms with Crippen molar-refractivity contribution in [2.45, 2.75) is 31.2 Å². The lowest BCUT2D eigenvalue weighted by Crippen LogP contribution is -2.32. The predicted molar refractivity (Wildman–Crippen MR) is 69.8 cm³/mol. The van der Waals surface area contributed by atoms with Crippen LogP contribution in [0.5, 0.6) is 5.75 Å². The normalized spacial score (nSPS) is 22.6. The van der Waals surface area contributed by atoms with E-state index in [0.29, 0.717) is 0 Å². The maximum Gasteiger partial charge on any atom is 0.142 e. The zero-order valence-corrected chi connectivity index (χ0v) is 10.6. The van der Waals surface area contributed by atoms with Crippen LogP contribution in [-0.4, -0.2) is 26.2 Å². The Hall–Kier alpha value is -1.22. The van der Waals surface area contributed by atoms with E-state index in [2.05, 4.69) is 37.1 Å². The molecule has 1 heterocycles. The fraction of sp³-hybridized carbons (Fsp3) is 0.571. The summed E-state index contributed by atoms with van der Waals surface area (Å²) in [7, 11) is 2.11. The van der Waals surface area contributed by atoms with Gasteiger partial charge in [-0.1, -0.05) is 6.07 Å². The Morgan fingerprint density at radius 3 is 2.82 bits per heavy atom. The van der Waals surface area contributed by atoms with E-state index in [9.17, 15) is 0 Å². The second-order valence-corrected chi connectivity index (χ2v) is 5.40. The first-order valence-electron chi connectivity index (χ1n) is 6.37. The molecule has 0 spiro atoms. The van der Waals surface area contributed by atoms with Gasteiger partial charge >= 0.3 is 0 Å². The molecule has 17 heavy (non-hydrogen) atoms. The molecule has 1 aliphatic heterocycles. The van der Waals surface area contributed by atoms with Gasteiger partial charge in [-0.2, -0.15) is 0 Å². The van der Waals surface area contributed by atoms with Gasteiger partial charge in [0.1, 0.15) is 12.4 Å². The molecule has 92 valence electrons.